The number of aliphatic hydroxyl groups is 2. The molecule has 10 atom stereocenters. The third kappa shape index (κ3) is 4.27. The van der Waals surface area contributed by atoms with Crippen molar-refractivity contribution in [3.05, 3.63) is 36.0 Å². The smallest absolute Gasteiger partial charge is 0.302 e. The lowest BCUT2D eigenvalue weighted by Gasteiger charge is -2.60. The molecule has 0 radical (unpaired) electrons. The van der Waals surface area contributed by atoms with Gasteiger partial charge in [-0.3, -0.25) is 4.79 Å². The molecule has 2 N–H and O–H groups in total. The molecule has 0 aromatic rings. The van der Waals surface area contributed by atoms with E-state index in [0.717, 1.165) is 30.4 Å². The largest absolute Gasteiger partial charge is 0.462 e. The van der Waals surface area contributed by atoms with E-state index in [1.54, 1.807) is 0 Å². The monoisotopic (exact) mass is 484 g/mol. The van der Waals surface area contributed by atoms with Gasteiger partial charge < -0.3 is 19.7 Å². The molecule has 4 rings (SSSR count). The summed E-state index contributed by atoms with van der Waals surface area (Å²) in [5.74, 6) is 0.683. The average molecular weight is 485 g/mol. The molecule has 3 saturated carbocycles. The first kappa shape index (κ1) is 26.3. The number of rotatable bonds is 6. The lowest BCUT2D eigenvalue weighted by atomic mass is 9.45. The van der Waals surface area contributed by atoms with Gasteiger partial charge >= 0.3 is 5.97 Å². The number of hydrogen-bond donors (Lipinski definition) is 2. The second kappa shape index (κ2) is 9.63. The van der Waals surface area contributed by atoms with Gasteiger partial charge in [0.2, 0.25) is 0 Å². The zero-order valence-corrected chi connectivity index (χ0v) is 22.1. The maximum Gasteiger partial charge on any atom is 0.302 e. The minimum Gasteiger partial charge on any atom is -0.462 e. The second-order valence-electron chi connectivity index (χ2n) is 12.4. The molecule has 0 saturated heterocycles. The first-order valence-corrected chi connectivity index (χ1v) is 13.5. The van der Waals surface area contributed by atoms with Crippen LogP contribution in [0.15, 0.2) is 36.0 Å². The number of aliphatic hydroxyl groups excluding tert-OH is 2. The maximum atomic E-state index is 12.9. The third-order valence-corrected chi connectivity index (χ3v) is 10.3. The lowest BCUT2D eigenvalue weighted by Crippen LogP contribution is -2.61. The van der Waals surface area contributed by atoms with E-state index in [2.05, 4.69) is 52.5 Å². The van der Waals surface area contributed by atoms with Gasteiger partial charge in [-0.1, -0.05) is 63.6 Å². The van der Waals surface area contributed by atoms with Crippen LogP contribution in [0.5, 0.6) is 0 Å². The summed E-state index contributed by atoms with van der Waals surface area (Å²) >= 11 is 0. The molecule has 0 heterocycles. The van der Waals surface area contributed by atoms with E-state index in [-0.39, 0.29) is 35.6 Å². The number of aldehydes is 1. The first-order chi connectivity index (χ1) is 16.5. The summed E-state index contributed by atoms with van der Waals surface area (Å²) in [5, 5.41) is 22.2. The summed E-state index contributed by atoms with van der Waals surface area (Å²) in [7, 11) is 0. The third-order valence-electron chi connectivity index (χ3n) is 10.3. The summed E-state index contributed by atoms with van der Waals surface area (Å²) in [5.41, 5.74) is 1.11. The molecule has 0 bridgehead atoms. The van der Waals surface area contributed by atoms with Gasteiger partial charge in [-0.2, -0.15) is 0 Å². The Balaban J connectivity index is 1.68. The van der Waals surface area contributed by atoms with E-state index in [0.29, 0.717) is 25.2 Å². The van der Waals surface area contributed by atoms with Crippen molar-refractivity contribution in [2.45, 2.75) is 91.5 Å². The van der Waals surface area contributed by atoms with Gasteiger partial charge in [-0.25, -0.2) is 0 Å². The Morgan fingerprint density at radius 3 is 2.60 bits per heavy atom. The van der Waals surface area contributed by atoms with Crippen molar-refractivity contribution < 1.29 is 24.5 Å². The Morgan fingerprint density at radius 2 is 1.97 bits per heavy atom. The predicted octanol–water partition coefficient (Wildman–Crippen LogP) is 5.02. The van der Waals surface area contributed by atoms with Gasteiger partial charge in [-0.15, -0.1) is 0 Å². The Labute approximate surface area is 210 Å². The standard InChI is InChI=1S/C30H44O5/c1-17(2)18(3)7-8-19(4)24-11-12-25-23-10-9-21-13-22(33)14-27(35-20(5)32)29(21,6)28(23)26(34)15-30(24,25)16-31/h7-9,16-17,19,22-28,33-34H,3,10-15H2,1-2,4-6H3/b8-7+/t19-,22-,23+,24-,25+,26-,27+,28-,29-,30+/m1/s1. The molecular weight excluding hydrogens is 440 g/mol. The molecule has 0 amide bonds. The van der Waals surface area contributed by atoms with Gasteiger partial charge in [0.05, 0.1) is 12.2 Å². The average Bonchev–Trinajstić information content (AvgIpc) is 3.17. The van der Waals surface area contributed by atoms with Crippen LogP contribution in [-0.2, 0) is 14.3 Å². The van der Waals surface area contributed by atoms with Crippen LogP contribution in [0.1, 0.15) is 73.1 Å². The van der Waals surface area contributed by atoms with Crippen LogP contribution in [-0.4, -0.2) is 40.8 Å². The minimum atomic E-state index is -0.661. The van der Waals surface area contributed by atoms with E-state index in [4.69, 9.17) is 4.74 Å². The molecule has 35 heavy (non-hydrogen) atoms. The van der Waals surface area contributed by atoms with Gasteiger partial charge in [0.15, 0.2) is 0 Å². The zero-order valence-electron chi connectivity index (χ0n) is 22.1. The Bertz CT molecular complexity index is 918. The van der Waals surface area contributed by atoms with Crippen LogP contribution in [0.4, 0.5) is 0 Å². The molecule has 5 heteroatoms. The molecule has 0 aromatic carbocycles. The number of allylic oxidation sites excluding steroid dienone is 4. The van der Waals surface area contributed by atoms with E-state index < -0.39 is 29.1 Å². The topological polar surface area (TPSA) is 83.8 Å². The Morgan fingerprint density at radius 1 is 1.26 bits per heavy atom. The molecule has 0 aromatic heterocycles. The van der Waals surface area contributed by atoms with Crippen molar-refractivity contribution in [3.8, 4) is 0 Å². The maximum absolute atomic E-state index is 12.9. The van der Waals surface area contributed by atoms with E-state index in [9.17, 15) is 19.8 Å². The van der Waals surface area contributed by atoms with Gasteiger partial charge in [-0.05, 0) is 61.7 Å². The quantitative estimate of drug-likeness (QED) is 0.239. The summed E-state index contributed by atoms with van der Waals surface area (Å²) in [6.45, 7) is 14.1. The molecule has 4 aliphatic carbocycles. The summed E-state index contributed by atoms with van der Waals surface area (Å²) in [6.07, 6.45) is 10.2. The molecule has 0 spiro atoms. The number of esters is 1. The first-order valence-electron chi connectivity index (χ1n) is 13.5. The normalized spacial score (nSPS) is 43.7. The summed E-state index contributed by atoms with van der Waals surface area (Å²) < 4.78 is 5.79. The van der Waals surface area contributed by atoms with Crippen LogP contribution in [0.2, 0.25) is 0 Å². The molecule has 4 aliphatic rings. The highest BCUT2D eigenvalue weighted by Gasteiger charge is 2.66. The molecule has 3 fully saturated rings. The molecule has 194 valence electrons. The fraction of sp³-hybridized carbons (Fsp3) is 0.733. The number of ether oxygens (including phenoxy) is 1. The molecular formula is C30H44O5. The van der Waals surface area contributed by atoms with Crippen LogP contribution >= 0.6 is 0 Å². The van der Waals surface area contributed by atoms with Gasteiger partial charge in [0.25, 0.3) is 0 Å². The van der Waals surface area contributed by atoms with Gasteiger partial charge in [0, 0.05) is 30.1 Å². The lowest BCUT2D eigenvalue weighted by molar-refractivity contribution is -0.183. The number of carbonyl (C=O) groups excluding carboxylic acids is 2. The van der Waals surface area contributed by atoms with Crippen LogP contribution in [0, 0.1) is 46.3 Å². The van der Waals surface area contributed by atoms with Crippen molar-refractivity contribution in [1.82, 2.24) is 0 Å². The van der Waals surface area contributed by atoms with E-state index in [1.807, 2.05) is 0 Å². The molecule has 0 aliphatic heterocycles. The van der Waals surface area contributed by atoms with Crippen LogP contribution < -0.4 is 0 Å². The Kier molecular flexibility index (Phi) is 7.25. The fourth-order valence-electron chi connectivity index (χ4n) is 8.48. The van der Waals surface area contributed by atoms with Crippen LogP contribution in [0.3, 0.4) is 0 Å². The second-order valence-corrected chi connectivity index (χ2v) is 12.4. The predicted molar refractivity (Wildman–Crippen MR) is 136 cm³/mol. The Hall–Kier alpha value is -1.72. The van der Waals surface area contributed by atoms with Crippen molar-refractivity contribution >= 4 is 12.3 Å². The van der Waals surface area contributed by atoms with Crippen molar-refractivity contribution in [1.29, 1.82) is 0 Å². The SMILES string of the molecule is C=C(/C=C/[C@@H](C)[C@H]1CC[C@H]2[C@@H]3CC=C4C[C@@H](O)C[C@H](OC(C)=O)[C@]4(C)[C@H]3[C@H](O)C[C@]12C=O)C(C)C. The highest BCUT2D eigenvalue weighted by molar-refractivity contribution is 5.66. The number of fused-ring (bicyclic) bond motifs is 5. The van der Waals surface area contributed by atoms with E-state index >= 15 is 0 Å². The van der Waals surface area contributed by atoms with Crippen molar-refractivity contribution in [2.75, 3.05) is 0 Å². The summed E-state index contributed by atoms with van der Waals surface area (Å²) in [6, 6.07) is 0. The molecule has 0 unspecified atom stereocenters. The molecule has 5 nitrogen and oxygen atoms in total. The highest BCUT2D eigenvalue weighted by atomic mass is 16.5. The van der Waals surface area contributed by atoms with Crippen molar-refractivity contribution in [3.63, 3.8) is 0 Å². The minimum absolute atomic E-state index is 0.0947. The zero-order chi connectivity index (χ0) is 25.7. The summed E-state index contributed by atoms with van der Waals surface area (Å²) in [4.78, 5) is 24.9. The highest BCUT2D eigenvalue weighted by Crippen LogP contribution is 2.67. The number of hydrogen-bond acceptors (Lipinski definition) is 5. The van der Waals surface area contributed by atoms with Crippen molar-refractivity contribution in [2.24, 2.45) is 46.3 Å². The number of carbonyl (C=O) groups is 2. The fourth-order valence-corrected chi connectivity index (χ4v) is 8.48. The van der Waals surface area contributed by atoms with Gasteiger partial charge in [0.1, 0.15) is 12.4 Å². The van der Waals surface area contributed by atoms with Crippen LogP contribution in [0.25, 0.3) is 0 Å². The van der Waals surface area contributed by atoms with E-state index in [1.165, 1.54) is 13.2 Å².